The van der Waals surface area contributed by atoms with Crippen molar-refractivity contribution in [2.45, 2.75) is 57.3 Å². The second-order valence-electron chi connectivity index (χ2n) is 6.52. The quantitative estimate of drug-likeness (QED) is 0.480. The lowest BCUT2D eigenvalue weighted by Crippen LogP contribution is -2.30. The molecule has 0 spiro atoms. The van der Waals surface area contributed by atoms with Gasteiger partial charge < -0.3 is 14.8 Å². The highest BCUT2D eigenvalue weighted by Crippen LogP contribution is 2.49. The van der Waals surface area contributed by atoms with Crippen LogP contribution in [-0.2, 0) is 19.1 Å². The average molecular weight is 305 g/mol. The number of likely N-dealkylation sites (N-methyl/N-ethyl adjacent to an activating group) is 1. The minimum Gasteiger partial charge on any atom is -0.455 e. The zero-order valence-corrected chi connectivity index (χ0v) is 13.2. The Kier molecular flexibility index (Phi) is 3.85. The normalized spacial score (nSPS) is 39.9. The number of amides is 1. The van der Waals surface area contributed by atoms with Gasteiger partial charge in [0.1, 0.15) is 12.2 Å². The van der Waals surface area contributed by atoms with Gasteiger partial charge in [-0.1, -0.05) is 12.7 Å². The van der Waals surface area contributed by atoms with Crippen molar-refractivity contribution in [3.8, 4) is 0 Å². The molecule has 2 heterocycles. The van der Waals surface area contributed by atoms with Gasteiger partial charge in [0.05, 0.1) is 5.60 Å². The highest BCUT2D eigenvalue weighted by Gasteiger charge is 2.61. The van der Waals surface area contributed by atoms with Gasteiger partial charge in [-0.05, 0) is 39.5 Å². The van der Waals surface area contributed by atoms with Crippen LogP contribution < -0.4 is 5.32 Å². The van der Waals surface area contributed by atoms with E-state index in [4.69, 9.17) is 9.47 Å². The summed E-state index contributed by atoms with van der Waals surface area (Å²) in [6.07, 6.45) is 4.66. The number of carbonyl (C=O) groups is 2. The van der Waals surface area contributed by atoms with Crippen LogP contribution in [0.4, 0.5) is 0 Å². The van der Waals surface area contributed by atoms with Crippen molar-refractivity contribution < 1.29 is 19.1 Å². The molecule has 22 heavy (non-hydrogen) atoms. The third kappa shape index (κ3) is 2.58. The van der Waals surface area contributed by atoms with E-state index in [9.17, 15) is 9.59 Å². The Morgan fingerprint density at radius 1 is 1.55 bits per heavy atom. The summed E-state index contributed by atoms with van der Waals surface area (Å²) in [5.41, 5.74) is 1.04. The van der Waals surface area contributed by atoms with E-state index >= 15 is 0 Å². The van der Waals surface area contributed by atoms with Crippen LogP contribution in [0.5, 0.6) is 0 Å². The second kappa shape index (κ2) is 5.54. The number of epoxide rings is 1. The highest BCUT2D eigenvalue weighted by molar-refractivity contribution is 5.93. The molecule has 5 nitrogen and oxygen atoms in total. The lowest BCUT2D eigenvalue weighted by Gasteiger charge is -2.19. The first kappa shape index (κ1) is 15.3. The summed E-state index contributed by atoms with van der Waals surface area (Å²) >= 11 is 0. The molecular weight excluding hydrogens is 282 g/mol. The SMILES string of the molecule is C=C1C(=O)O[C@H]2[C@H]1CC/C(C(=O)NCC)=C\CC[C@@]1(C)O[C@@H]21. The van der Waals surface area contributed by atoms with Crippen LogP contribution in [0.2, 0.25) is 0 Å². The van der Waals surface area contributed by atoms with E-state index in [1.165, 1.54) is 0 Å². The maximum absolute atomic E-state index is 12.1. The van der Waals surface area contributed by atoms with Gasteiger partial charge in [0.2, 0.25) is 5.91 Å². The zero-order valence-electron chi connectivity index (χ0n) is 13.2. The number of hydrogen-bond acceptors (Lipinski definition) is 4. The lowest BCUT2D eigenvalue weighted by molar-refractivity contribution is -0.140. The van der Waals surface area contributed by atoms with E-state index < -0.39 is 0 Å². The Morgan fingerprint density at radius 2 is 2.32 bits per heavy atom. The molecular formula is C17H23NO4. The Morgan fingerprint density at radius 3 is 3.05 bits per heavy atom. The van der Waals surface area contributed by atoms with Gasteiger partial charge in [0, 0.05) is 23.6 Å². The van der Waals surface area contributed by atoms with Crippen LogP contribution in [0.1, 0.15) is 39.5 Å². The fourth-order valence-corrected chi connectivity index (χ4v) is 3.54. The fraction of sp³-hybridized carbons (Fsp3) is 0.647. The van der Waals surface area contributed by atoms with Gasteiger partial charge >= 0.3 is 5.97 Å². The third-order valence-corrected chi connectivity index (χ3v) is 4.97. The van der Waals surface area contributed by atoms with Crippen LogP contribution in [0, 0.1) is 5.92 Å². The number of esters is 1. The lowest BCUT2D eigenvalue weighted by atomic mass is 9.84. The van der Waals surface area contributed by atoms with Crippen molar-refractivity contribution in [3.05, 3.63) is 23.8 Å². The van der Waals surface area contributed by atoms with Crippen LogP contribution in [0.15, 0.2) is 23.8 Å². The third-order valence-electron chi connectivity index (χ3n) is 4.97. The molecule has 2 fully saturated rings. The maximum atomic E-state index is 12.1. The number of carbonyl (C=O) groups excluding carboxylic acids is 2. The first-order valence-electron chi connectivity index (χ1n) is 8.01. The molecule has 0 unspecified atom stereocenters. The Balaban J connectivity index is 1.82. The van der Waals surface area contributed by atoms with Gasteiger partial charge in [0.25, 0.3) is 0 Å². The van der Waals surface area contributed by atoms with Gasteiger partial charge in [-0.3, -0.25) is 4.79 Å². The number of rotatable bonds is 2. The molecule has 2 aliphatic heterocycles. The molecule has 0 aromatic heterocycles. The molecule has 120 valence electrons. The smallest absolute Gasteiger partial charge is 0.334 e. The molecule has 0 aromatic carbocycles. The van der Waals surface area contributed by atoms with Crippen molar-refractivity contribution in [3.63, 3.8) is 0 Å². The Bertz CT molecular complexity index is 553. The monoisotopic (exact) mass is 305 g/mol. The first-order valence-corrected chi connectivity index (χ1v) is 8.01. The summed E-state index contributed by atoms with van der Waals surface area (Å²) in [6, 6.07) is 0. The minimum absolute atomic E-state index is 0.0195. The van der Waals surface area contributed by atoms with Crippen molar-refractivity contribution in [2.75, 3.05) is 6.54 Å². The second-order valence-corrected chi connectivity index (χ2v) is 6.52. The summed E-state index contributed by atoms with van der Waals surface area (Å²) in [5, 5.41) is 2.85. The van der Waals surface area contributed by atoms with Crippen LogP contribution in [-0.4, -0.2) is 36.2 Å². The summed E-state index contributed by atoms with van der Waals surface area (Å²) in [7, 11) is 0. The number of hydrogen-bond donors (Lipinski definition) is 1. The van der Waals surface area contributed by atoms with E-state index in [-0.39, 0.29) is 35.6 Å². The fourth-order valence-electron chi connectivity index (χ4n) is 3.54. The number of ether oxygens (including phenoxy) is 2. The van der Waals surface area contributed by atoms with Crippen molar-refractivity contribution >= 4 is 11.9 Å². The molecule has 3 rings (SSSR count). The molecule has 4 atom stereocenters. The molecule has 0 bridgehead atoms. The molecule has 1 aliphatic carbocycles. The van der Waals surface area contributed by atoms with Crippen LogP contribution >= 0.6 is 0 Å². The zero-order chi connectivity index (χ0) is 15.9. The summed E-state index contributed by atoms with van der Waals surface area (Å²) in [6.45, 7) is 8.44. The van der Waals surface area contributed by atoms with Gasteiger partial charge in [-0.25, -0.2) is 4.79 Å². The Hall–Kier alpha value is -1.62. The molecule has 0 radical (unpaired) electrons. The summed E-state index contributed by atoms with van der Waals surface area (Å²) in [4.78, 5) is 24.0. The average Bonchev–Trinajstić information content (AvgIpc) is 3.06. The topological polar surface area (TPSA) is 67.9 Å². The van der Waals surface area contributed by atoms with Crippen molar-refractivity contribution in [2.24, 2.45) is 5.92 Å². The van der Waals surface area contributed by atoms with Gasteiger partial charge in [0.15, 0.2) is 0 Å². The van der Waals surface area contributed by atoms with Crippen molar-refractivity contribution in [1.29, 1.82) is 0 Å². The number of fused-ring (bicyclic) bond motifs is 3. The van der Waals surface area contributed by atoms with Gasteiger partial charge in [-0.15, -0.1) is 0 Å². The van der Waals surface area contributed by atoms with E-state index in [1.54, 1.807) is 0 Å². The predicted molar refractivity (Wildman–Crippen MR) is 81.0 cm³/mol. The molecule has 0 aromatic rings. The molecule has 3 aliphatic rings. The summed E-state index contributed by atoms with van der Waals surface area (Å²) < 4.78 is 11.3. The maximum Gasteiger partial charge on any atom is 0.334 e. The Labute approximate surface area is 130 Å². The first-order chi connectivity index (χ1) is 10.5. The van der Waals surface area contributed by atoms with Crippen molar-refractivity contribution in [1.82, 2.24) is 5.32 Å². The highest BCUT2D eigenvalue weighted by atomic mass is 16.6. The van der Waals surface area contributed by atoms with E-state index in [0.29, 0.717) is 25.0 Å². The van der Waals surface area contributed by atoms with E-state index in [1.807, 2.05) is 19.9 Å². The predicted octanol–water partition coefficient (Wildman–Crippen LogP) is 1.88. The molecule has 2 saturated heterocycles. The molecule has 1 N–H and O–H groups in total. The summed E-state index contributed by atoms with van der Waals surface area (Å²) in [5.74, 6) is -0.403. The van der Waals surface area contributed by atoms with Crippen LogP contribution in [0.3, 0.4) is 0 Å². The van der Waals surface area contributed by atoms with E-state index in [2.05, 4.69) is 11.9 Å². The van der Waals surface area contributed by atoms with E-state index in [0.717, 1.165) is 18.4 Å². The molecule has 0 saturated carbocycles. The number of nitrogens with one attached hydrogen (secondary N) is 1. The number of allylic oxidation sites excluding steroid dienone is 1. The molecule has 1 amide bonds. The van der Waals surface area contributed by atoms with Gasteiger partial charge in [-0.2, -0.15) is 0 Å². The van der Waals surface area contributed by atoms with Crippen LogP contribution in [0.25, 0.3) is 0 Å². The largest absolute Gasteiger partial charge is 0.455 e. The standard InChI is InChI=1S/C17H23NO4/c1-4-18-15(19)11-6-5-9-17(3)14(22-17)13-12(8-7-11)10(2)16(20)21-13/h6,12-14H,2,4-5,7-9H2,1,3H3,(H,18,19)/b11-6+/t12-,13-,14-,17+/m0/s1. The molecule has 5 heteroatoms. The minimum atomic E-state index is -0.323.